The topological polar surface area (TPSA) is 108 Å². The van der Waals surface area contributed by atoms with Gasteiger partial charge in [0, 0.05) is 22.6 Å². The second kappa shape index (κ2) is 9.51. The van der Waals surface area contributed by atoms with E-state index < -0.39 is 11.9 Å². The molecule has 1 atom stereocenters. The summed E-state index contributed by atoms with van der Waals surface area (Å²) >= 11 is 0. The van der Waals surface area contributed by atoms with Gasteiger partial charge in [-0.15, -0.1) is 0 Å². The third kappa shape index (κ3) is 4.14. The highest BCUT2D eigenvalue weighted by Crippen LogP contribution is 2.43. The minimum Gasteiger partial charge on any atom is -0.494 e. The fourth-order valence-electron chi connectivity index (χ4n) is 4.34. The summed E-state index contributed by atoms with van der Waals surface area (Å²) in [7, 11) is 0. The minimum atomic E-state index is -0.611. The first kappa shape index (κ1) is 23.1. The summed E-state index contributed by atoms with van der Waals surface area (Å²) in [6.45, 7) is 4.49. The molecule has 0 aliphatic carbocycles. The van der Waals surface area contributed by atoms with Gasteiger partial charge in [0.1, 0.15) is 34.5 Å². The number of allylic oxidation sites excluding steroid dienone is 1. The van der Waals surface area contributed by atoms with Crippen LogP contribution >= 0.6 is 0 Å². The first-order valence-electron chi connectivity index (χ1n) is 11.6. The molecule has 0 saturated carbocycles. The van der Waals surface area contributed by atoms with Gasteiger partial charge in [-0.25, -0.2) is 4.79 Å². The molecular weight excluding hydrogens is 456 g/mol. The third-order valence-electron chi connectivity index (χ3n) is 6.12. The maximum absolute atomic E-state index is 12.9. The Morgan fingerprint density at radius 2 is 1.83 bits per heavy atom. The number of nitrogens with zero attached hydrogens (tertiary/aromatic N) is 1. The van der Waals surface area contributed by atoms with Gasteiger partial charge in [0.2, 0.25) is 11.6 Å². The van der Waals surface area contributed by atoms with Crippen LogP contribution in [0.15, 0.2) is 82.6 Å². The average Bonchev–Trinajstić information content (AvgIpc) is 3.23. The normalized spacial score (nSPS) is 14.6. The highest BCUT2D eigenvalue weighted by Gasteiger charge is 2.31. The first-order valence-corrected chi connectivity index (χ1v) is 11.6. The Morgan fingerprint density at radius 1 is 1.08 bits per heavy atom. The lowest BCUT2D eigenvalue weighted by molar-refractivity contribution is 0.0702. The molecule has 180 valence electrons. The summed E-state index contributed by atoms with van der Waals surface area (Å²) in [6.07, 6.45) is 0.912. The summed E-state index contributed by atoms with van der Waals surface area (Å²) in [5.41, 5.74) is 9.37. The molecule has 1 aromatic heterocycles. The number of rotatable bonds is 6. The van der Waals surface area contributed by atoms with Crippen LogP contribution in [0.1, 0.15) is 46.5 Å². The molecule has 0 amide bonds. The molecule has 4 aromatic rings. The summed E-state index contributed by atoms with van der Waals surface area (Å²) in [5, 5.41) is 10.7. The summed E-state index contributed by atoms with van der Waals surface area (Å²) in [4.78, 5) is 12.9. The van der Waals surface area contributed by atoms with E-state index in [0.29, 0.717) is 29.1 Å². The predicted molar refractivity (Wildman–Crippen MR) is 134 cm³/mol. The Balaban J connectivity index is 1.45. The summed E-state index contributed by atoms with van der Waals surface area (Å²) in [5.74, 6) is 0.554. The number of carbonyl (C=O) groups is 1. The predicted octanol–water partition coefficient (Wildman–Crippen LogP) is 5.97. The largest absolute Gasteiger partial charge is 0.494 e. The van der Waals surface area contributed by atoms with Crippen LogP contribution in [0.25, 0.3) is 11.0 Å². The molecule has 5 rings (SSSR count). The number of ether oxygens (including phenoxy) is 3. The lowest BCUT2D eigenvalue weighted by atomic mass is 9.83. The van der Waals surface area contributed by atoms with Crippen LogP contribution < -0.4 is 19.9 Å². The number of fused-ring (bicyclic) bond motifs is 2. The van der Waals surface area contributed by atoms with Gasteiger partial charge in [-0.3, -0.25) is 0 Å². The van der Waals surface area contributed by atoms with E-state index in [1.54, 1.807) is 24.3 Å². The summed E-state index contributed by atoms with van der Waals surface area (Å²) in [6, 6.07) is 22.2. The second-order valence-corrected chi connectivity index (χ2v) is 8.48. The molecule has 0 saturated heterocycles. The van der Waals surface area contributed by atoms with Crippen molar-refractivity contribution in [3.05, 3.63) is 101 Å². The lowest BCUT2D eigenvalue weighted by Gasteiger charge is -2.26. The van der Waals surface area contributed by atoms with E-state index in [1.807, 2.05) is 56.3 Å². The Bertz CT molecular complexity index is 1530. The van der Waals surface area contributed by atoms with Gasteiger partial charge in [0.15, 0.2) is 0 Å². The van der Waals surface area contributed by atoms with E-state index in [4.69, 9.17) is 24.4 Å². The first-order chi connectivity index (χ1) is 17.5. The third-order valence-corrected chi connectivity index (χ3v) is 6.12. The number of esters is 1. The van der Waals surface area contributed by atoms with Crippen LogP contribution in [-0.2, 0) is 0 Å². The minimum absolute atomic E-state index is 0.0120. The number of nitriles is 1. The van der Waals surface area contributed by atoms with Gasteiger partial charge >= 0.3 is 5.97 Å². The molecule has 1 unspecified atom stereocenters. The zero-order valence-corrected chi connectivity index (χ0v) is 19.9. The van der Waals surface area contributed by atoms with Crippen molar-refractivity contribution < 1.29 is 23.4 Å². The van der Waals surface area contributed by atoms with Gasteiger partial charge in [-0.2, -0.15) is 5.26 Å². The van der Waals surface area contributed by atoms with Crippen molar-refractivity contribution in [2.45, 2.75) is 26.2 Å². The van der Waals surface area contributed by atoms with E-state index in [9.17, 15) is 10.1 Å². The fourth-order valence-corrected chi connectivity index (χ4v) is 4.34. The van der Waals surface area contributed by atoms with Crippen LogP contribution in [0, 0.1) is 18.3 Å². The second-order valence-electron chi connectivity index (χ2n) is 8.48. The molecule has 7 heteroatoms. The fraction of sp³-hybridized carbons (Fsp3) is 0.172. The molecule has 1 aliphatic rings. The molecule has 2 heterocycles. The number of aryl methyl sites for hydroxylation is 1. The number of hydrogen-bond acceptors (Lipinski definition) is 7. The molecule has 0 radical (unpaired) electrons. The number of benzene rings is 3. The van der Waals surface area contributed by atoms with Crippen LogP contribution in [0.5, 0.6) is 17.2 Å². The smallest absolute Gasteiger partial charge is 0.379 e. The van der Waals surface area contributed by atoms with Crippen molar-refractivity contribution >= 4 is 16.9 Å². The Labute approximate surface area is 208 Å². The van der Waals surface area contributed by atoms with Crippen LogP contribution in [0.2, 0.25) is 0 Å². The van der Waals surface area contributed by atoms with E-state index in [-0.39, 0.29) is 17.4 Å². The molecule has 2 N–H and O–H groups in total. The Morgan fingerprint density at radius 3 is 2.56 bits per heavy atom. The standard InChI is InChI=1S/C29H24N2O5/c1-3-14-33-19-10-8-18(9-11-19)26-22-13-12-20(15-25(22)36-28(31)23(26)16-30)34-29(32)27-17(2)21-6-4-5-7-24(21)35-27/h4-13,15,26H,3,14,31H2,1-2H3. The highest BCUT2D eigenvalue weighted by atomic mass is 16.5. The maximum atomic E-state index is 12.9. The van der Waals surface area contributed by atoms with Crippen LogP contribution in [-0.4, -0.2) is 12.6 Å². The number of furan rings is 1. The van der Waals surface area contributed by atoms with Crippen molar-refractivity contribution in [1.82, 2.24) is 0 Å². The quantitative estimate of drug-likeness (QED) is 0.268. The van der Waals surface area contributed by atoms with Crippen molar-refractivity contribution in [2.75, 3.05) is 6.61 Å². The number of para-hydroxylation sites is 1. The molecule has 0 spiro atoms. The Kier molecular flexibility index (Phi) is 6.09. The van der Waals surface area contributed by atoms with E-state index in [1.165, 1.54) is 0 Å². The molecule has 1 aliphatic heterocycles. The van der Waals surface area contributed by atoms with Crippen LogP contribution in [0.4, 0.5) is 0 Å². The number of nitrogens with two attached hydrogens (primary N) is 1. The monoisotopic (exact) mass is 480 g/mol. The van der Waals surface area contributed by atoms with Crippen molar-refractivity contribution in [3.8, 4) is 23.3 Å². The molecule has 7 nitrogen and oxygen atoms in total. The van der Waals surface area contributed by atoms with Gasteiger partial charge in [0.05, 0.1) is 12.5 Å². The zero-order valence-electron chi connectivity index (χ0n) is 19.9. The van der Waals surface area contributed by atoms with Crippen LogP contribution in [0.3, 0.4) is 0 Å². The summed E-state index contributed by atoms with van der Waals surface area (Å²) < 4.78 is 22.8. The maximum Gasteiger partial charge on any atom is 0.379 e. The highest BCUT2D eigenvalue weighted by molar-refractivity contribution is 5.96. The SMILES string of the molecule is CCCOc1ccc(C2C(C#N)=C(N)Oc3cc(OC(=O)c4oc5ccccc5c4C)ccc32)cc1. The van der Waals surface area contributed by atoms with Crippen molar-refractivity contribution in [3.63, 3.8) is 0 Å². The van der Waals surface area contributed by atoms with Gasteiger partial charge in [-0.1, -0.05) is 43.3 Å². The van der Waals surface area contributed by atoms with E-state index in [0.717, 1.165) is 28.7 Å². The molecule has 0 bridgehead atoms. The van der Waals surface area contributed by atoms with Crippen molar-refractivity contribution in [2.24, 2.45) is 5.73 Å². The Hall–Kier alpha value is -4.70. The van der Waals surface area contributed by atoms with Crippen molar-refractivity contribution in [1.29, 1.82) is 5.26 Å². The number of carbonyl (C=O) groups excluding carboxylic acids is 1. The molecule has 36 heavy (non-hydrogen) atoms. The average molecular weight is 481 g/mol. The van der Waals surface area contributed by atoms with E-state index in [2.05, 4.69) is 6.07 Å². The lowest BCUT2D eigenvalue weighted by Crippen LogP contribution is -2.21. The molecule has 0 fully saturated rings. The van der Waals surface area contributed by atoms with Gasteiger partial charge in [0.25, 0.3) is 0 Å². The van der Waals surface area contributed by atoms with E-state index >= 15 is 0 Å². The van der Waals surface area contributed by atoms with Gasteiger partial charge < -0.3 is 24.4 Å². The molecular formula is C29H24N2O5. The molecule has 3 aromatic carbocycles. The van der Waals surface area contributed by atoms with Gasteiger partial charge in [-0.05, 0) is 43.2 Å². The zero-order chi connectivity index (χ0) is 25.2. The number of hydrogen-bond donors (Lipinski definition) is 1.